The molecule has 1 aromatic rings. The minimum absolute atomic E-state index is 0.00975. The Bertz CT molecular complexity index is 550. The predicted octanol–water partition coefficient (Wildman–Crippen LogP) is 4.82. The van der Waals surface area contributed by atoms with Crippen LogP contribution in [0.5, 0.6) is 0 Å². The van der Waals surface area contributed by atoms with Crippen molar-refractivity contribution in [3.8, 4) is 0 Å². The minimum Gasteiger partial charge on any atom is -0.294 e. The van der Waals surface area contributed by atoms with Crippen LogP contribution in [0, 0.1) is 30.4 Å². The van der Waals surface area contributed by atoms with E-state index in [4.69, 9.17) is 0 Å². The fourth-order valence-electron chi connectivity index (χ4n) is 2.90. The van der Waals surface area contributed by atoms with E-state index in [1.54, 1.807) is 0 Å². The van der Waals surface area contributed by atoms with Crippen LogP contribution in [-0.4, -0.2) is 12.0 Å². The average Bonchev–Trinajstić information content (AvgIpc) is 2.42. The first kappa shape index (κ1) is 15.9. The number of Topliss-reactive ketones (excluding diaryl/α,β-unsaturated/α-hetero) is 1. The Morgan fingerprint density at radius 2 is 1.76 bits per heavy atom. The van der Waals surface area contributed by atoms with Gasteiger partial charge in [0, 0.05) is 5.92 Å². The van der Waals surface area contributed by atoms with Gasteiger partial charge >= 0.3 is 6.18 Å². The smallest absolute Gasteiger partial charge is 0.294 e. The molecule has 0 aromatic heterocycles. The van der Waals surface area contributed by atoms with Crippen LogP contribution < -0.4 is 0 Å². The highest BCUT2D eigenvalue weighted by Crippen LogP contribution is 2.43. The summed E-state index contributed by atoms with van der Waals surface area (Å²) in [6.45, 7) is 1.34. The predicted molar refractivity (Wildman–Crippen MR) is 66.9 cm³/mol. The van der Waals surface area contributed by atoms with Gasteiger partial charge in [-0.25, -0.2) is 8.78 Å². The Balaban J connectivity index is 2.41. The molecule has 2 atom stereocenters. The molecular formula is C15H15F5O. The number of carbonyl (C=O) groups is 1. The van der Waals surface area contributed by atoms with E-state index >= 15 is 0 Å². The van der Waals surface area contributed by atoms with Crippen LogP contribution in [0.25, 0.3) is 0 Å². The van der Waals surface area contributed by atoms with Crippen molar-refractivity contribution < 1.29 is 26.7 Å². The molecule has 1 aromatic carbocycles. The summed E-state index contributed by atoms with van der Waals surface area (Å²) in [5.41, 5.74) is -0.796. The quantitative estimate of drug-likeness (QED) is 0.565. The lowest BCUT2D eigenvalue weighted by molar-refractivity contribution is -0.191. The van der Waals surface area contributed by atoms with Crippen molar-refractivity contribution in [1.82, 2.24) is 0 Å². The normalized spacial score (nSPS) is 23.1. The van der Waals surface area contributed by atoms with Gasteiger partial charge in [-0.05, 0) is 31.4 Å². The number of rotatable bonds is 2. The third-order valence-electron chi connectivity index (χ3n) is 4.05. The van der Waals surface area contributed by atoms with Crippen LogP contribution in [-0.2, 0) is 0 Å². The van der Waals surface area contributed by atoms with Gasteiger partial charge in [0.25, 0.3) is 0 Å². The maximum absolute atomic E-state index is 13.9. The third kappa shape index (κ3) is 3.09. The van der Waals surface area contributed by atoms with Gasteiger partial charge in [-0.1, -0.05) is 18.9 Å². The molecule has 0 N–H and O–H groups in total. The molecule has 2 unspecified atom stereocenters. The molecule has 1 nitrogen and oxygen atoms in total. The summed E-state index contributed by atoms with van der Waals surface area (Å²) < 4.78 is 66.7. The largest absolute Gasteiger partial charge is 0.392 e. The highest BCUT2D eigenvalue weighted by Gasteiger charge is 2.48. The highest BCUT2D eigenvalue weighted by molar-refractivity contribution is 5.98. The SMILES string of the molecule is Cc1ccc(F)c(C(=O)C2CCCCC2C(F)(F)F)c1F. The fourth-order valence-corrected chi connectivity index (χ4v) is 2.90. The number of benzene rings is 1. The molecule has 1 aliphatic rings. The molecule has 2 rings (SSSR count). The molecule has 0 heterocycles. The van der Waals surface area contributed by atoms with Gasteiger partial charge in [-0.3, -0.25) is 4.79 Å². The molecular weight excluding hydrogens is 291 g/mol. The van der Waals surface area contributed by atoms with Crippen LogP contribution in [0.15, 0.2) is 12.1 Å². The molecule has 0 aliphatic heterocycles. The highest BCUT2D eigenvalue weighted by atomic mass is 19.4. The van der Waals surface area contributed by atoms with Gasteiger partial charge < -0.3 is 0 Å². The number of hydrogen-bond donors (Lipinski definition) is 0. The number of hydrogen-bond acceptors (Lipinski definition) is 1. The van der Waals surface area contributed by atoms with Crippen molar-refractivity contribution in [1.29, 1.82) is 0 Å². The molecule has 6 heteroatoms. The van der Waals surface area contributed by atoms with Gasteiger partial charge in [0.05, 0.1) is 11.5 Å². The first-order valence-electron chi connectivity index (χ1n) is 6.79. The Hall–Kier alpha value is -1.46. The molecule has 1 fully saturated rings. The number of ketones is 1. The maximum Gasteiger partial charge on any atom is 0.392 e. The lowest BCUT2D eigenvalue weighted by Gasteiger charge is -2.32. The third-order valence-corrected chi connectivity index (χ3v) is 4.05. The van der Waals surface area contributed by atoms with Crippen molar-refractivity contribution in [2.45, 2.75) is 38.8 Å². The van der Waals surface area contributed by atoms with Gasteiger partial charge in [0.1, 0.15) is 11.6 Å². The topological polar surface area (TPSA) is 17.1 Å². The van der Waals surface area contributed by atoms with E-state index in [-0.39, 0.29) is 18.4 Å². The lowest BCUT2D eigenvalue weighted by Crippen LogP contribution is -2.37. The van der Waals surface area contributed by atoms with Crippen molar-refractivity contribution in [3.05, 3.63) is 34.9 Å². The Morgan fingerprint density at radius 3 is 2.38 bits per heavy atom. The lowest BCUT2D eigenvalue weighted by atomic mass is 9.75. The summed E-state index contributed by atoms with van der Waals surface area (Å²) in [6.07, 6.45) is -3.87. The van der Waals surface area contributed by atoms with Gasteiger partial charge in [-0.15, -0.1) is 0 Å². The van der Waals surface area contributed by atoms with E-state index in [1.165, 1.54) is 6.92 Å². The van der Waals surface area contributed by atoms with E-state index in [9.17, 15) is 26.7 Å². The molecule has 1 aliphatic carbocycles. The summed E-state index contributed by atoms with van der Waals surface area (Å²) in [4.78, 5) is 12.3. The van der Waals surface area contributed by atoms with E-state index in [0.717, 1.165) is 12.1 Å². The van der Waals surface area contributed by atoms with Gasteiger partial charge in [0.15, 0.2) is 5.78 Å². The van der Waals surface area contributed by atoms with Crippen molar-refractivity contribution in [3.63, 3.8) is 0 Å². The van der Waals surface area contributed by atoms with Gasteiger partial charge in [0.2, 0.25) is 0 Å². The van der Waals surface area contributed by atoms with E-state index in [1.807, 2.05) is 0 Å². The molecule has 0 radical (unpaired) electrons. The monoisotopic (exact) mass is 306 g/mol. The number of alkyl halides is 3. The van der Waals surface area contributed by atoms with E-state index in [0.29, 0.717) is 12.8 Å². The Kier molecular flexibility index (Phi) is 4.35. The van der Waals surface area contributed by atoms with Crippen LogP contribution in [0.1, 0.15) is 41.6 Å². The summed E-state index contributed by atoms with van der Waals surface area (Å²) in [7, 11) is 0. The second kappa shape index (κ2) is 5.73. The number of halogens is 5. The molecule has 21 heavy (non-hydrogen) atoms. The van der Waals surface area contributed by atoms with Crippen LogP contribution in [0.3, 0.4) is 0 Å². The zero-order valence-corrected chi connectivity index (χ0v) is 11.4. The second-order valence-electron chi connectivity index (χ2n) is 5.46. The molecule has 0 spiro atoms. The van der Waals surface area contributed by atoms with E-state index < -0.39 is 41.0 Å². The molecule has 0 bridgehead atoms. The van der Waals surface area contributed by atoms with Crippen molar-refractivity contribution in [2.75, 3.05) is 0 Å². The number of aryl methyl sites for hydroxylation is 1. The maximum atomic E-state index is 13.9. The summed E-state index contributed by atoms with van der Waals surface area (Å²) >= 11 is 0. The molecule has 0 amide bonds. The Morgan fingerprint density at radius 1 is 1.14 bits per heavy atom. The first-order valence-corrected chi connectivity index (χ1v) is 6.79. The second-order valence-corrected chi connectivity index (χ2v) is 5.46. The fraction of sp³-hybridized carbons (Fsp3) is 0.533. The standard InChI is InChI=1S/C15H15F5O/c1-8-6-7-11(16)12(13(8)17)14(21)9-4-2-3-5-10(9)15(18,19)20/h6-7,9-10H,2-5H2,1H3. The van der Waals surface area contributed by atoms with Crippen LogP contribution >= 0.6 is 0 Å². The first-order chi connectivity index (χ1) is 9.73. The number of carbonyl (C=O) groups excluding carboxylic acids is 1. The van der Waals surface area contributed by atoms with Gasteiger partial charge in [-0.2, -0.15) is 13.2 Å². The molecule has 0 saturated heterocycles. The Labute approximate surface area is 119 Å². The van der Waals surface area contributed by atoms with Crippen molar-refractivity contribution in [2.24, 2.45) is 11.8 Å². The average molecular weight is 306 g/mol. The van der Waals surface area contributed by atoms with Crippen LogP contribution in [0.4, 0.5) is 22.0 Å². The molecule has 116 valence electrons. The zero-order chi connectivity index (χ0) is 15.8. The van der Waals surface area contributed by atoms with Crippen molar-refractivity contribution >= 4 is 5.78 Å². The molecule has 1 saturated carbocycles. The summed E-state index contributed by atoms with van der Waals surface area (Å²) in [6, 6.07) is 2.07. The van der Waals surface area contributed by atoms with E-state index in [2.05, 4.69) is 0 Å². The minimum atomic E-state index is -4.53. The van der Waals surface area contributed by atoms with Crippen LogP contribution in [0.2, 0.25) is 0 Å². The summed E-state index contributed by atoms with van der Waals surface area (Å²) in [5, 5.41) is 0. The zero-order valence-electron chi connectivity index (χ0n) is 11.4. The summed E-state index contributed by atoms with van der Waals surface area (Å²) in [5.74, 6) is -6.46.